The van der Waals surface area contributed by atoms with Gasteiger partial charge in [0.25, 0.3) is 0 Å². The van der Waals surface area contributed by atoms with Crippen LogP contribution >= 0.6 is 0 Å². The van der Waals surface area contributed by atoms with Crippen LogP contribution < -0.4 is 14.0 Å². The topological polar surface area (TPSA) is 25.6 Å². The molecule has 0 amide bonds. The van der Waals surface area contributed by atoms with Gasteiger partial charge in [0.05, 0.1) is 20.8 Å². The fraction of sp³-hybridized carbons (Fsp3) is 0.381. The summed E-state index contributed by atoms with van der Waals surface area (Å²) in [5, 5.41) is 0. The summed E-state index contributed by atoms with van der Waals surface area (Å²) in [6.07, 6.45) is 8.43. The van der Waals surface area contributed by atoms with Crippen molar-refractivity contribution in [3.05, 3.63) is 53.9 Å². The first-order chi connectivity index (χ1) is 12.2. The summed E-state index contributed by atoms with van der Waals surface area (Å²) in [5.41, 5.74) is 2.19. The molecule has 0 bridgehead atoms. The highest BCUT2D eigenvalue weighted by molar-refractivity contribution is 5.72. The molecular formula is C21H29N2O2+. The second-order valence-corrected chi connectivity index (χ2v) is 5.84. The molecule has 4 heteroatoms. The monoisotopic (exact) mass is 341 g/mol. The number of nitrogens with zero attached hydrogens (tertiary/aromatic N) is 2. The fourth-order valence-electron chi connectivity index (χ4n) is 2.67. The van der Waals surface area contributed by atoms with Gasteiger partial charge in [0, 0.05) is 23.8 Å². The van der Waals surface area contributed by atoms with Gasteiger partial charge in [0.2, 0.25) is 0 Å². The lowest BCUT2D eigenvalue weighted by atomic mass is 10.1. The van der Waals surface area contributed by atoms with E-state index in [2.05, 4.69) is 60.0 Å². The standard InChI is InChI=1S/C21H29N2O2/c1-5-22(6-2)15-16-23-13-11-18(12-14-23)7-8-19-9-10-20(24-3)17-21(19)25-4/h7-14,17H,5-6,15-16H2,1-4H3/q+1. The molecule has 2 rings (SSSR count). The average Bonchev–Trinajstić information content (AvgIpc) is 2.67. The SMILES string of the molecule is CCN(CC)CC[n+]1ccc(C=Cc2ccc(OC)cc2OC)cc1. The molecule has 25 heavy (non-hydrogen) atoms. The Balaban J connectivity index is 2.02. The van der Waals surface area contributed by atoms with Crippen LogP contribution in [0.3, 0.4) is 0 Å². The van der Waals surface area contributed by atoms with E-state index >= 15 is 0 Å². The fourth-order valence-corrected chi connectivity index (χ4v) is 2.67. The third kappa shape index (κ3) is 5.61. The zero-order valence-corrected chi connectivity index (χ0v) is 15.7. The van der Waals surface area contributed by atoms with E-state index in [-0.39, 0.29) is 0 Å². The highest BCUT2D eigenvalue weighted by atomic mass is 16.5. The molecule has 1 aromatic carbocycles. The number of methoxy groups -OCH3 is 2. The van der Waals surface area contributed by atoms with Crippen molar-refractivity contribution in [3.63, 3.8) is 0 Å². The molecule has 1 aromatic heterocycles. The molecule has 0 spiro atoms. The maximum Gasteiger partial charge on any atom is 0.169 e. The van der Waals surface area contributed by atoms with Crippen molar-refractivity contribution >= 4 is 12.2 Å². The van der Waals surface area contributed by atoms with Crippen molar-refractivity contribution < 1.29 is 14.0 Å². The Labute approximate surface area is 151 Å². The van der Waals surface area contributed by atoms with E-state index < -0.39 is 0 Å². The number of hydrogen-bond donors (Lipinski definition) is 0. The predicted molar refractivity (Wildman–Crippen MR) is 103 cm³/mol. The van der Waals surface area contributed by atoms with Crippen molar-refractivity contribution in [1.82, 2.24) is 4.90 Å². The summed E-state index contributed by atoms with van der Waals surface area (Å²) >= 11 is 0. The van der Waals surface area contributed by atoms with E-state index in [4.69, 9.17) is 9.47 Å². The Bertz CT molecular complexity index is 677. The summed E-state index contributed by atoms with van der Waals surface area (Å²) in [6, 6.07) is 10.1. The Morgan fingerprint density at radius 2 is 1.68 bits per heavy atom. The van der Waals surface area contributed by atoms with E-state index in [0.29, 0.717) is 0 Å². The van der Waals surface area contributed by atoms with Crippen LogP contribution in [0.5, 0.6) is 11.5 Å². The van der Waals surface area contributed by atoms with Gasteiger partial charge in [0.15, 0.2) is 18.9 Å². The van der Waals surface area contributed by atoms with Crippen molar-refractivity contribution in [2.45, 2.75) is 20.4 Å². The molecule has 0 saturated carbocycles. The molecular weight excluding hydrogens is 312 g/mol. The minimum Gasteiger partial charge on any atom is -0.497 e. The third-order valence-electron chi connectivity index (χ3n) is 4.38. The first-order valence-electron chi connectivity index (χ1n) is 8.81. The third-order valence-corrected chi connectivity index (χ3v) is 4.38. The van der Waals surface area contributed by atoms with Crippen LogP contribution in [0.15, 0.2) is 42.7 Å². The van der Waals surface area contributed by atoms with E-state index in [1.54, 1.807) is 14.2 Å². The van der Waals surface area contributed by atoms with Gasteiger partial charge < -0.3 is 9.47 Å². The lowest BCUT2D eigenvalue weighted by molar-refractivity contribution is -0.696. The van der Waals surface area contributed by atoms with Gasteiger partial charge in [-0.05, 0) is 30.8 Å². The van der Waals surface area contributed by atoms with Crippen LogP contribution in [0.1, 0.15) is 25.0 Å². The normalized spacial score (nSPS) is 11.2. The average molecular weight is 341 g/mol. The number of rotatable bonds is 9. The van der Waals surface area contributed by atoms with Gasteiger partial charge in [-0.3, -0.25) is 4.90 Å². The number of benzene rings is 1. The highest BCUT2D eigenvalue weighted by Gasteiger charge is 2.05. The van der Waals surface area contributed by atoms with E-state index in [9.17, 15) is 0 Å². The molecule has 4 nitrogen and oxygen atoms in total. The van der Waals surface area contributed by atoms with Crippen molar-refractivity contribution in [3.8, 4) is 11.5 Å². The van der Waals surface area contributed by atoms with Gasteiger partial charge in [0.1, 0.15) is 11.5 Å². The summed E-state index contributed by atoms with van der Waals surface area (Å²) < 4.78 is 12.9. The van der Waals surface area contributed by atoms with Gasteiger partial charge in [-0.25, -0.2) is 4.57 Å². The highest BCUT2D eigenvalue weighted by Crippen LogP contribution is 2.26. The molecule has 0 unspecified atom stereocenters. The number of likely N-dealkylation sites (N-methyl/N-ethyl adjacent to an activating group) is 1. The number of aromatic nitrogens is 1. The molecule has 2 aromatic rings. The number of ether oxygens (including phenoxy) is 2. The predicted octanol–water partition coefficient (Wildman–Crippen LogP) is 3.50. The molecule has 0 aliphatic carbocycles. The van der Waals surface area contributed by atoms with Crippen LogP contribution in [0.2, 0.25) is 0 Å². The molecule has 0 aliphatic heterocycles. The quantitative estimate of drug-likeness (QED) is 0.653. The van der Waals surface area contributed by atoms with Crippen LogP contribution in [-0.4, -0.2) is 38.8 Å². The van der Waals surface area contributed by atoms with E-state index in [1.165, 1.54) is 0 Å². The summed E-state index contributed by atoms with van der Waals surface area (Å²) in [7, 11) is 3.33. The lowest BCUT2D eigenvalue weighted by Gasteiger charge is -2.15. The van der Waals surface area contributed by atoms with E-state index in [0.717, 1.165) is 48.8 Å². The Hall–Kier alpha value is -2.33. The summed E-state index contributed by atoms with van der Waals surface area (Å²) in [5.74, 6) is 1.60. The molecule has 0 atom stereocenters. The first-order valence-corrected chi connectivity index (χ1v) is 8.81. The lowest BCUT2D eigenvalue weighted by Crippen LogP contribution is -2.40. The maximum absolute atomic E-state index is 5.43. The smallest absolute Gasteiger partial charge is 0.169 e. The summed E-state index contributed by atoms with van der Waals surface area (Å²) in [4.78, 5) is 2.43. The van der Waals surface area contributed by atoms with E-state index in [1.807, 2.05) is 18.2 Å². The van der Waals surface area contributed by atoms with Gasteiger partial charge >= 0.3 is 0 Å². The Kier molecular flexibility index (Phi) is 7.48. The zero-order valence-electron chi connectivity index (χ0n) is 15.7. The van der Waals surface area contributed by atoms with Gasteiger partial charge in [-0.2, -0.15) is 0 Å². The van der Waals surface area contributed by atoms with Crippen molar-refractivity contribution in [1.29, 1.82) is 0 Å². The molecule has 0 N–H and O–H groups in total. The molecule has 0 saturated heterocycles. The van der Waals surface area contributed by atoms with Gasteiger partial charge in [-0.1, -0.05) is 26.0 Å². The molecule has 0 radical (unpaired) electrons. The maximum atomic E-state index is 5.43. The number of pyridine rings is 1. The van der Waals surface area contributed by atoms with Gasteiger partial charge in [-0.15, -0.1) is 0 Å². The Morgan fingerprint density at radius 1 is 0.960 bits per heavy atom. The second-order valence-electron chi connectivity index (χ2n) is 5.84. The zero-order chi connectivity index (χ0) is 18.1. The largest absolute Gasteiger partial charge is 0.497 e. The second kappa shape index (κ2) is 9.84. The molecule has 0 aliphatic rings. The minimum atomic E-state index is 0.794. The number of hydrogen-bond acceptors (Lipinski definition) is 3. The molecule has 0 fully saturated rings. The molecule has 1 heterocycles. The van der Waals surface area contributed by atoms with Crippen molar-refractivity contribution in [2.75, 3.05) is 33.9 Å². The summed E-state index contributed by atoms with van der Waals surface area (Å²) in [6.45, 7) is 8.70. The minimum absolute atomic E-state index is 0.794. The van der Waals surface area contributed by atoms with Crippen LogP contribution in [0.4, 0.5) is 0 Å². The van der Waals surface area contributed by atoms with Crippen LogP contribution in [0.25, 0.3) is 12.2 Å². The Morgan fingerprint density at radius 3 is 2.28 bits per heavy atom. The van der Waals surface area contributed by atoms with Crippen LogP contribution in [-0.2, 0) is 6.54 Å². The first kappa shape index (κ1) is 19.0. The molecule has 134 valence electrons. The van der Waals surface area contributed by atoms with Crippen LogP contribution in [0, 0.1) is 0 Å². The van der Waals surface area contributed by atoms with Crippen molar-refractivity contribution in [2.24, 2.45) is 0 Å².